The second kappa shape index (κ2) is 5.46. The number of nitrogens with two attached hydrogens (primary N) is 1. The van der Waals surface area contributed by atoms with Crippen molar-refractivity contribution in [1.82, 2.24) is 4.90 Å². The van der Waals surface area contributed by atoms with Gasteiger partial charge in [-0.1, -0.05) is 6.92 Å². The molecule has 0 aromatic carbocycles. The lowest BCUT2D eigenvalue weighted by atomic mass is 10.1. The highest BCUT2D eigenvalue weighted by Crippen LogP contribution is 2.21. The van der Waals surface area contributed by atoms with E-state index in [9.17, 15) is 19.7 Å². The normalized spacial score (nSPS) is 21.4. The molecule has 8 nitrogen and oxygen atoms in total. The van der Waals surface area contributed by atoms with Crippen molar-refractivity contribution in [2.45, 2.75) is 25.8 Å². The number of amides is 2. The molecule has 0 saturated carbocycles. The molecule has 96 valence electrons. The molecule has 0 unspecified atom stereocenters. The number of nitrogens with zero attached hydrogens (tertiary/aromatic N) is 2. The van der Waals surface area contributed by atoms with E-state index in [0.717, 1.165) is 0 Å². The lowest BCUT2D eigenvalue weighted by Crippen LogP contribution is -2.45. The molecule has 2 amide bonds. The van der Waals surface area contributed by atoms with Crippen molar-refractivity contribution in [3.05, 3.63) is 10.1 Å². The first-order valence-corrected chi connectivity index (χ1v) is 5.31. The van der Waals surface area contributed by atoms with Gasteiger partial charge in [0.1, 0.15) is 12.6 Å². The van der Waals surface area contributed by atoms with Gasteiger partial charge in [0, 0.05) is 18.9 Å². The molecule has 0 radical (unpaired) electrons. The molecule has 0 aromatic rings. The third kappa shape index (κ3) is 3.30. The first kappa shape index (κ1) is 13.2. The lowest BCUT2D eigenvalue weighted by Gasteiger charge is -2.24. The lowest BCUT2D eigenvalue weighted by molar-refractivity contribution is -0.759. The number of carbonyl (C=O) groups is 2. The highest BCUT2D eigenvalue weighted by Gasteiger charge is 2.36. The van der Waals surface area contributed by atoms with E-state index in [1.807, 2.05) is 0 Å². The smallest absolute Gasteiger partial charge is 0.294 e. The Morgan fingerprint density at radius 2 is 2.41 bits per heavy atom. The Morgan fingerprint density at radius 1 is 1.76 bits per heavy atom. The molecule has 1 rings (SSSR count). The first-order valence-electron chi connectivity index (χ1n) is 5.31. The Hall–Kier alpha value is -1.86. The van der Waals surface area contributed by atoms with Crippen LogP contribution in [-0.2, 0) is 14.4 Å². The highest BCUT2D eigenvalue weighted by molar-refractivity contribution is 5.87. The van der Waals surface area contributed by atoms with Gasteiger partial charge in [-0.25, -0.2) is 0 Å². The van der Waals surface area contributed by atoms with Gasteiger partial charge in [0.05, 0.1) is 0 Å². The Bertz CT molecular complexity index is 333. The molecule has 2 N–H and O–H groups in total. The molecule has 1 saturated heterocycles. The molecular formula is C9H15N3O5. The molecule has 0 spiro atoms. The standard InChI is InChI=1S/C9H15N3O5/c1-2-7(9(10)14)11-4-6(3-8(11)13)5-17-12(15)16/h6-7H,2-5H2,1H3,(H2,10,14)/t6-,7-/m1/s1. The molecule has 1 aliphatic heterocycles. The van der Waals surface area contributed by atoms with Crippen LogP contribution >= 0.6 is 0 Å². The van der Waals surface area contributed by atoms with Crippen molar-refractivity contribution in [2.75, 3.05) is 13.2 Å². The molecular weight excluding hydrogens is 230 g/mol. The van der Waals surface area contributed by atoms with Crippen molar-refractivity contribution in [1.29, 1.82) is 0 Å². The van der Waals surface area contributed by atoms with Crippen LogP contribution in [0.2, 0.25) is 0 Å². The third-order valence-electron chi connectivity index (χ3n) is 2.75. The number of primary amides is 1. The molecule has 8 heteroatoms. The van der Waals surface area contributed by atoms with Gasteiger partial charge in [-0.2, -0.15) is 0 Å². The second-order valence-corrected chi connectivity index (χ2v) is 3.96. The van der Waals surface area contributed by atoms with Gasteiger partial charge in [0.25, 0.3) is 5.09 Å². The van der Waals surface area contributed by atoms with Crippen molar-refractivity contribution in [3.63, 3.8) is 0 Å². The number of hydrogen-bond acceptors (Lipinski definition) is 5. The van der Waals surface area contributed by atoms with Crippen molar-refractivity contribution in [3.8, 4) is 0 Å². The van der Waals surface area contributed by atoms with Crippen molar-refractivity contribution >= 4 is 11.8 Å². The molecule has 1 heterocycles. The van der Waals surface area contributed by atoms with Gasteiger partial charge in [-0.3, -0.25) is 9.59 Å². The maximum Gasteiger partial charge on any atom is 0.294 e. The molecule has 1 aliphatic rings. The zero-order chi connectivity index (χ0) is 13.0. The fraction of sp³-hybridized carbons (Fsp3) is 0.778. The number of hydrogen-bond donors (Lipinski definition) is 1. The topological polar surface area (TPSA) is 116 Å². The minimum atomic E-state index is -0.890. The van der Waals surface area contributed by atoms with Crippen LogP contribution in [-0.4, -0.2) is 41.0 Å². The third-order valence-corrected chi connectivity index (χ3v) is 2.75. The van der Waals surface area contributed by atoms with Crippen molar-refractivity contribution in [2.24, 2.45) is 11.7 Å². The number of carbonyl (C=O) groups excluding carboxylic acids is 2. The van der Waals surface area contributed by atoms with Crippen LogP contribution in [0, 0.1) is 16.0 Å². The highest BCUT2D eigenvalue weighted by atomic mass is 16.9. The van der Waals surface area contributed by atoms with E-state index in [0.29, 0.717) is 6.42 Å². The minimum Gasteiger partial charge on any atom is -0.368 e. The van der Waals surface area contributed by atoms with Crippen LogP contribution in [0.1, 0.15) is 19.8 Å². The molecule has 17 heavy (non-hydrogen) atoms. The van der Waals surface area contributed by atoms with Crippen LogP contribution in [0.5, 0.6) is 0 Å². The second-order valence-electron chi connectivity index (χ2n) is 3.96. The first-order chi connectivity index (χ1) is 7.95. The van der Waals surface area contributed by atoms with Crippen molar-refractivity contribution < 1.29 is 19.5 Å². The SMILES string of the molecule is CC[C@H](C(N)=O)N1C[C@H](CO[N+](=O)[O-])CC1=O. The fourth-order valence-electron chi connectivity index (χ4n) is 1.96. The van der Waals surface area contributed by atoms with Gasteiger partial charge in [-0.05, 0) is 6.42 Å². The van der Waals surface area contributed by atoms with E-state index in [4.69, 9.17) is 5.73 Å². The van der Waals surface area contributed by atoms with E-state index in [1.165, 1.54) is 4.90 Å². The van der Waals surface area contributed by atoms with Crippen LogP contribution in [0.15, 0.2) is 0 Å². The summed E-state index contributed by atoms with van der Waals surface area (Å²) in [5, 5.41) is 9.14. The summed E-state index contributed by atoms with van der Waals surface area (Å²) in [4.78, 5) is 38.4. The van der Waals surface area contributed by atoms with E-state index in [2.05, 4.69) is 4.84 Å². The predicted molar refractivity (Wildman–Crippen MR) is 56.0 cm³/mol. The summed E-state index contributed by atoms with van der Waals surface area (Å²) >= 11 is 0. The monoisotopic (exact) mass is 245 g/mol. The largest absolute Gasteiger partial charge is 0.368 e. The molecule has 0 aliphatic carbocycles. The zero-order valence-electron chi connectivity index (χ0n) is 9.50. The Labute approximate surface area is 97.8 Å². The van der Waals surface area contributed by atoms with Gasteiger partial charge in [0.2, 0.25) is 11.8 Å². The summed E-state index contributed by atoms with van der Waals surface area (Å²) in [7, 11) is 0. The van der Waals surface area contributed by atoms with E-state index < -0.39 is 17.0 Å². The van der Waals surface area contributed by atoms with Crippen LogP contribution < -0.4 is 5.73 Å². The summed E-state index contributed by atoms with van der Waals surface area (Å²) in [6.45, 7) is 1.89. The average Bonchev–Trinajstić information content (AvgIpc) is 2.58. The molecule has 0 bridgehead atoms. The summed E-state index contributed by atoms with van der Waals surface area (Å²) in [5.74, 6) is -1.04. The van der Waals surface area contributed by atoms with E-state index in [-0.39, 0.29) is 31.4 Å². The maximum atomic E-state index is 11.6. The molecule has 1 fully saturated rings. The van der Waals surface area contributed by atoms with Crippen LogP contribution in [0.4, 0.5) is 0 Å². The predicted octanol–water partition coefficient (Wildman–Crippen LogP) is -0.693. The quantitative estimate of drug-likeness (QED) is 0.491. The summed E-state index contributed by atoms with van der Waals surface area (Å²) in [5.41, 5.74) is 5.18. The number of likely N-dealkylation sites (tertiary alicyclic amines) is 1. The summed E-state index contributed by atoms with van der Waals surface area (Å²) in [6, 6.07) is -0.636. The Balaban J connectivity index is 2.57. The Kier molecular flexibility index (Phi) is 4.24. The van der Waals surface area contributed by atoms with Gasteiger partial charge in [0.15, 0.2) is 0 Å². The van der Waals surface area contributed by atoms with Gasteiger partial charge < -0.3 is 15.5 Å². The van der Waals surface area contributed by atoms with Gasteiger partial charge >= 0.3 is 0 Å². The fourth-order valence-corrected chi connectivity index (χ4v) is 1.96. The average molecular weight is 245 g/mol. The minimum absolute atomic E-state index is 0.134. The number of rotatable bonds is 6. The summed E-state index contributed by atoms with van der Waals surface area (Å²) in [6.07, 6.45) is 0.585. The Morgan fingerprint density at radius 3 is 2.88 bits per heavy atom. The van der Waals surface area contributed by atoms with E-state index in [1.54, 1.807) is 6.92 Å². The molecule has 0 aromatic heterocycles. The van der Waals surface area contributed by atoms with Gasteiger partial charge in [-0.15, -0.1) is 10.1 Å². The van der Waals surface area contributed by atoms with E-state index >= 15 is 0 Å². The zero-order valence-corrected chi connectivity index (χ0v) is 9.50. The summed E-state index contributed by atoms with van der Waals surface area (Å²) < 4.78 is 0. The van der Waals surface area contributed by atoms with Crippen LogP contribution in [0.25, 0.3) is 0 Å². The maximum absolute atomic E-state index is 11.6. The molecule has 2 atom stereocenters. The van der Waals surface area contributed by atoms with Crippen LogP contribution in [0.3, 0.4) is 0 Å².